The van der Waals surface area contributed by atoms with Gasteiger partial charge in [-0.3, -0.25) is 23.7 Å². The third kappa shape index (κ3) is 7.93. The average Bonchev–Trinajstić information content (AvgIpc) is 3.25. The highest BCUT2D eigenvalue weighted by molar-refractivity contribution is 7.52. The number of rotatable bonds is 11. The molecule has 1 saturated heterocycles. The number of hydrogen-bond acceptors (Lipinski definition) is 5. The molecule has 1 aliphatic heterocycles. The first-order chi connectivity index (χ1) is 15.9. The molecule has 0 aromatic heterocycles. The summed E-state index contributed by atoms with van der Waals surface area (Å²) in [5.74, 6) is -4.65. The first-order valence-electron chi connectivity index (χ1n) is 11.1. The van der Waals surface area contributed by atoms with Crippen molar-refractivity contribution in [3.8, 4) is 0 Å². The van der Waals surface area contributed by atoms with Crippen LogP contribution in [-0.2, 0) is 30.2 Å². The van der Waals surface area contributed by atoms with E-state index in [-0.39, 0.29) is 31.7 Å². The van der Waals surface area contributed by atoms with Crippen molar-refractivity contribution in [3.63, 3.8) is 0 Å². The van der Waals surface area contributed by atoms with Gasteiger partial charge in [0.2, 0.25) is 17.7 Å². The summed E-state index contributed by atoms with van der Waals surface area (Å²) in [4.78, 5) is 69.9. The molecule has 1 fully saturated rings. The second-order valence-electron chi connectivity index (χ2n) is 8.68. The zero-order valence-corrected chi connectivity index (χ0v) is 20.1. The molecular weight excluding hydrogens is 465 g/mol. The summed E-state index contributed by atoms with van der Waals surface area (Å²) in [5.41, 5.74) is 0.638. The van der Waals surface area contributed by atoms with E-state index in [1.54, 1.807) is 44.2 Å². The van der Waals surface area contributed by atoms with E-state index in [0.29, 0.717) is 18.4 Å². The Hall–Kier alpha value is -2.75. The van der Waals surface area contributed by atoms with Crippen molar-refractivity contribution in [2.24, 2.45) is 5.92 Å². The number of carbonyl (C=O) groups is 4. The number of nitrogens with one attached hydrogen (secondary N) is 2. The second kappa shape index (κ2) is 12.1. The SMILES string of the molecule is CC(C)[C@H](NC(=O)CCC(=O)O)C(=O)N1CCC[C@H]1C(=O)N[C@H](Cc1ccccc1)P(=O)(O)O. The van der Waals surface area contributed by atoms with Gasteiger partial charge in [-0.25, -0.2) is 0 Å². The fraction of sp³-hybridized carbons (Fsp3) is 0.545. The van der Waals surface area contributed by atoms with Gasteiger partial charge in [-0.05, 0) is 24.3 Å². The van der Waals surface area contributed by atoms with Gasteiger partial charge >= 0.3 is 13.6 Å². The molecule has 1 aromatic carbocycles. The molecule has 188 valence electrons. The van der Waals surface area contributed by atoms with Gasteiger partial charge in [-0.2, -0.15) is 0 Å². The Bertz CT molecular complexity index is 933. The number of carbonyl (C=O) groups excluding carboxylic acids is 3. The second-order valence-corrected chi connectivity index (χ2v) is 10.5. The van der Waals surface area contributed by atoms with Crippen molar-refractivity contribution >= 4 is 31.3 Å². The first-order valence-corrected chi connectivity index (χ1v) is 12.8. The highest BCUT2D eigenvalue weighted by Gasteiger charge is 2.40. The summed E-state index contributed by atoms with van der Waals surface area (Å²) in [7, 11) is -4.69. The van der Waals surface area contributed by atoms with Crippen molar-refractivity contribution in [2.75, 3.05) is 6.54 Å². The van der Waals surface area contributed by atoms with Crippen LogP contribution in [0.15, 0.2) is 30.3 Å². The van der Waals surface area contributed by atoms with Crippen LogP contribution < -0.4 is 10.6 Å². The van der Waals surface area contributed by atoms with Crippen molar-refractivity contribution in [1.29, 1.82) is 0 Å². The van der Waals surface area contributed by atoms with Crippen LogP contribution in [0.5, 0.6) is 0 Å². The molecular formula is C22H32N3O8P. The minimum Gasteiger partial charge on any atom is -0.481 e. The van der Waals surface area contributed by atoms with E-state index in [4.69, 9.17) is 5.11 Å². The standard InChI is InChI=1S/C22H32N3O8P/c1-14(2)20(23-17(26)10-11-19(27)28)22(30)25-12-6-9-16(25)21(29)24-18(34(31,32)33)13-15-7-4-3-5-8-15/h3-5,7-8,14,16,18,20H,6,9-13H2,1-2H3,(H,23,26)(H,24,29)(H,27,28)(H2,31,32,33)/t16-,18-,20-/m0/s1. The van der Waals surface area contributed by atoms with E-state index in [0.717, 1.165) is 0 Å². The molecule has 11 nitrogen and oxygen atoms in total. The van der Waals surface area contributed by atoms with Crippen molar-refractivity contribution in [2.45, 2.75) is 63.8 Å². The average molecular weight is 497 g/mol. The highest BCUT2D eigenvalue weighted by Crippen LogP contribution is 2.41. The number of carboxylic acid groups (broad SMARTS) is 1. The van der Waals surface area contributed by atoms with E-state index in [9.17, 15) is 33.5 Å². The fourth-order valence-electron chi connectivity index (χ4n) is 3.81. The fourth-order valence-corrected chi connectivity index (χ4v) is 4.56. The smallest absolute Gasteiger partial charge is 0.347 e. The van der Waals surface area contributed by atoms with Gasteiger partial charge in [0.25, 0.3) is 0 Å². The minimum atomic E-state index is -4.69. The zero-order chi connectivity index (χ0) is 25.5. The minimum absolute atomic E-state index is 0.0776. The Balaban J connectivity index is 2.12. The first kappa shape index (κ1) is 27.5. The Labute approximate surface area is 198 Å². The van der Waals surface area contributed by atoms with Crippen LogP contribution in [-0.4, -0.2) is 67.9 Å². The number of hydrogen-bond donors (Lipinski definition) is 5. The van der Waals surface area contributed by atoms with E-state index in [2.05, 4.69) is 10.6 Å². The van der Waals surface area contributed by atoms with Gasteiger partial charge in [-0.15, -0.1) is 0 Å². The lowest BCUT2D eigenvalue weighted by atomic mass is 10.0. The highest BCUT2D eigenvalue weighted by atomic mass is 31.2. The van der Waals surface area contributed by atoms with Crippen LogP contribution in [0.3, 0.4) is 0 Å². The van der Waals surface area contributed by atoms with Crippen LogP contribution in [0.4, 0.5) is 0 Å². The molecule has 3 amide bonds. The maximum absolute atomic E-state index is 13.2. The number of benzene rings is 1. The van der Waals surface area contributed by atoms with Gasteiger partial charge in [0.15, 0.2) is 0 Å². The van der Waals surface area contributed by atoms with Gasteiger partial charge in [0.05, 0.1) is 6.42 Å². The third-order valence-electron chi connectivity index (χ3n) is 5.64. The van der Waals surface area contributed by atoms with E-state index in [1.807, 2.05) is 0 Å². The van der Waals surface area contributed by atoms with Crippen LogP contribution in [0.2, 0.25) is 0 Å². The number of likely N-dealkylation sites (tertiary alicyclic amines) is 1. The maximum atomic E-state index is 13.2. The van der Waals surface area contributed by atoms with Gasteiger partial charge in [0.1, 0.15) is 17.9 Å². The predicted molar refractivity (Wildman–Crippen MR) is 122 cm³/mol. The molecule has 1 aromatic rings. The summed E-state index contributed by atoms with van der Waals surface area (Å²) in [6.07, 6.45) is 0.102. The van der Waals surface area contributed by atoms with Crippen LogP contribution in [0.1, 0.15) is 45.1 Å². The van der Waals surface area contributed by atoms with Crippen LogP contribution in [0, 0.1) is 5.92 Å². The van der Waals surface area contributed by atoms with Crippen LogP contribution >= 0.6 is 7.60 Å². The molecule has 0 saturated carbocycles. The Morgan fingerprint density at radius 2 is 1.74 bits per heavy atom. The van der Waals surface area contributed by atoms with E-state index < -0.39 is 49.2 Å². The molecule has 0 aliphatic carbocycles. The summed E-state index contributed by atoms with van der Waals surface area (Å²) in [6.45, 7) is 3.69. The maximum Gasteiger partial charge on any atom is 0.347 e. The topological polar surface area (TPSA) is 173 Å². The summed E-state index contributed by atoms with van der Waals surface area (Å²) in [5, 5.41) is 13.7. The number of nitrogens with zero attached hydrogens (tertiary/aromatic N) is 1. The molecule has 12 heteroatoms. The lowest BCUT2D eigenvalue weighted by Gasteiger charge is -2.31. The Kier molecular flexibility index (Phi) is 9.78. The predicted octanol–water partition coefficient (Wildman–Crippen LogP) is 0.846. The van der Waals surface area contributed by atoms with Gasteiger partial charge in [-0.1, -0.05) is 44.2 Å². The zero-order valence-electron chi connectivity index (χ0n) is 19.2. The summed E-state index contributed by atoms with van der Waals surface area (Å²) < 4.78 is 12.0. The van der Waals surface area contributed by atoms with Crippen molar-refractivity contribution in [3.05, 3.63) is 35.9 Å². The lowest BCUT2D eigenvalue weighted by molar-refractivity contribution is -0.143. The summed E-state index contributed by atoms with van der Waals surface area (Å²) >= 11 is 0. The van der Waals surface area contributed by atoms with Gasteiger partial charge in [0, 0.05) is 19.4 Å². The molecule has 1 heterocycles. The largest absolute Gasteiger partial charge is 0.481 e. The van der Waals surface area contributed by atoms with Crippen molar-refractivity contribution in [1.82, 2.24) is 15.5 Å². The third-order valence-corrected chi connectivity index (χ3v) is 6.76. The monoisotopic (exact) mass is 497 g/mol. The Morgan fingerprint density at radius 3 is 2.29 bits per heavy atom. The molecule has 0 unspecified atom stereocenters. The van der Waals surface area contributed by atoms with Crippen molar-refractivity contribution < 1.29 is 38.6 Å². The molecule has 1 aliphatic rings. The molecule has 0 bridgehead atoms. The van der Waals surface area contributed by atoms with Gasteiger partial charge < -0.3 is 30.4 Å². The molecule has 34 heavy (non-hydrogen) atoms. The Morgan fingerprint density at radius 1 is 1.09 bits per heavy atom. The quantitative estimate of drug-likeness (QED) is 0.280. The van der Waals surface area contributed by atoms with Crippen LogP contribution in [0.25, 0.3) is 0 Å². The number of aliphatic carboxylic acids is 1. The molecule has 5 N–H and O–H groups in total. The normalized spacial score (nSPS) is 17.8. The molecule has 2 rings (SSSR count). The number of carboxylic acids is 1. The van der Waals surface area contributed by atoms with E-state index in [1.165, 1.54) is 4.90 Å². The molecule has 0 spiro atoms. The number of amides is 3. The van der Waals surface area contributed by atoms with E-state index >= 15 is 0 Å². The summed E-state index contributed by atoms with van der Waals surface area (Å²) in [6, 6.07) is 6.71. The molecule has 0 radical (unpaired) electrons. The molecule has 3 atom stereocenters. The lowest BCUT2D eigenvalue weighted by Crippen LogP contribution is -2.56.